The summed E-state index contributed by atoms with van der Waals surface area (Å²) in [7, 11) is 0. The molecule has 1 heterocycles. The SMILES string of the molecule is CCC(CC)(CN)CNc1ccncc1C. The minimum Gasteiger partial charge on any atom is -0.384 e. The fourth-order valence-electron chi connectivity index (χ4n) is 1.82. The molecule has 0 aliphatic carbocycles. The smallest absolute Gasteiger partial charge is 0.0400 e. The molecule has 0 saturated carbocycles. The summed E-state index contributed by atoms with van der Waals surface area (Å²) in [5.41, 5.74) is 8.44. The number of nitrogens with zero attached hydrogens (tertiary/aromatic N) is 1. The second-order valence-corrected chi connectivity index (χ2v) is 4.46. The van der Waals surface area contributed by atoms with Crippen LogP contribution in [-0.4, -0.2) is 18.1 Å². The Hall–Kier alpha value is -1.09. The molecule has 0 saturated heterocycles. The van der Waals surface area contributed by atoms with Crippen LogP contribution in [0, 0.1) is 12.3 Å². The lowest BCUT2D eigenvalue weighted by molar-refractivity contribution is 0.294. The summed E-state index contributed by atoms with van der Waals surface area (Å²) < 4.78 is 0. The van der Waals surface area contributed by atoms with Crippen molar-refractivity contribution in [3.05, 3.63) is 24.0 Å². The Bertz CT molecular complexity index is 310. The molecule has 90 valence electrons. The summed E-state index contributed by atoms with van der Waals surface area (Å²) in [6.07, 6.45) is 5.91. The number of pyridine rings is 1. The van der Waals surface area contributed by atoms with Gasteiger partial charge in [0.15, 0.2) is 0 Å². The molecule has 0 aliphatic heterocycles. The third-order valence-electron chi connectivity index (χ3n) is 3.61. The van der Waals surface area contributed by atoms with Gasteiger partial charge in [0.1, 0.15) is 0 Å². The first-order valence-electron chi connectivity index (χ1n) is 6.02. The molecule has 0 spiro atoms. The van der Waals surface area contributed by atoms with Crippen molar-refractivity contribution >= 4 is 5.69 Å². The lowest BCUT2D eigenvalue weighted by Crippen LogP contribution is -2.36. The van der Waals surface area contributed by atoms with Crippen molar-refractivity contribution in [3.63, 3.8) is 0 Å². The van der Waals surface area contributed by atoms with E-state index in [4.69, 9.17) is 5.73 Å². The van der Waals surface area contributed by atoms with Crippen molar-refractivity contribution in [1.82, 2.24) is 4.98 Å². The largest absolute Gasteiger partial charge is 0.384 e. The van der Waals surface area contributed by atoms with Crippen LogP contribution in [0.15, 0.2) is 18.5 Å². The molecule has 0 bridgehead atoms. The number of hydrogen-bond donors (Lipinski definition) is 2. The molecule has 0 aliphatic rings. The highest BCUT2D eigenvalue weighted by Crippen LogP contribution is 2.25. The average Bonchev–Trinajstić information content (AvgIpc) is 2.34. The number of rotatable bonds is 6. The maximum Gasteiger partial charge on any atom is 0.0400 e. The number of aromatic nitrogens is 1. The Balaban J connectivity index is 2.66. The zero-order valence-electron chi connectivity index (χ0n) is 10.6. The van der Waals surface area contributed by atoms with E-state index in [0.717, 1.165) is 31.6 Å². The van der Waals surface area contributed by atoms with Crippen LogP contribution in [0.5, 0.6) is 0 Å². The topological polar surface area (TPSA) is 50.9 Å². The van der Waals surface area contributed by atoms with Gasteiger partial charge in [-0.25, -0.2) is 0 Å². The Morgan fingerprint density at radius 1 is 1.38 bits per heavy atom. The van der Waals surface area contributed by atoms with Gasteiger partial charge < -0.3 is 11.1 Å². The summed E-state index contributed by atoms with van der Waals surface area (Å²) >= 11 is 0. The van der Waals surface area contributed by atoms with Crippen molar-refractivity contribution in [3.8, 4) is 0 Å². The van der Waals surface area contributed by atoms with Crippen LogP contribution in [-0.2, 0) is 0 Å². The van der Waals surface area contributed by atoms with Gasteiger partial charge in [0, 0.05) is 24.6 Å². The number of hydrogen-bond acceptors (Lipinski definition) is 3. The highest BCUT2D eigenvalue weighted by molar-refractivity contribution is 5.48. The van der Waals surface area contributed by atoms with Gasteiger partial charge in [-0.15, -0.1) is 0 Å². The van der Waals surface area contributed by atoms with Crippen molar-refractivity contribution in [2.24, 2.45) is 11.1 Å². The fourth-order valence-corrected chi connectivity index (χ4v) is 1.82. The van der Waals surface area contributed by atoms with Crippen LogP contribution in [0.25, 0.3) is 0 Å². The summed E-state index contributed by atoms with van der Waals surface area (Å²) in [6.45, 7) is 8.14. The fraction of sp³-hybridized carbons (Fsp3) is 0.615. The summed E-state index contributed by atoms with van der Waals surface area (Å²) in [6, 6.07) is 2.02. The van der Waals surface area contributed by atoms with Crippen LogP contribution < -0.4 is 11.1 Å². The standard InChI is InChI=1S/C13H23N3/c1-4-13(5-2,9-14)10-16-12-6-7-15-8-11(12)3/h6-8H,4-5,9-10,14H2,1-3H3,(H,15,16). The molecule has 1 aromatic rings. The van der Waals surface area contributed by atoms with E-state index in [-0.39, 0.29) is 5.41 Å². The summed E-state index contributed by atoms with van der Waals surface area (Å²) in [5.74, 6) is 0. The van der Waals surface area contributed by atoms with Gasteiger partial charge in [0.25, 0.3) is 0 Å². The Kier molecular flexibility index (Phi) is 4.74. The quantitative estimate of drug-likeness (QED) is 0.776. The van der Waals surface area contributed by atoms with Gasteiger partial charge >= 0.3 is 0 Å². The van der Waals surface area contributed by atoms with E-state index in [0.29, 0.717) is 0 Å². The second-order valence-electron chi connectivity index (χ2n) is 4.46. The highest BCUT2D eigenvalue weighted by atomic mass is 14.9. The van der Waals surface area contributed by atoms with Crippen molar-refractivity contribution in [2.45, 2.75) is 33.6 Å². The third-order valence-corrected chi connectivity index (χ3v) is 3.61. The number of nitrogens with two attached hydrogens (primary N) is 1. The molecule has 0 unspecified atom stereocenters. The predicted octanol–water partition coefficient (Wildman–Crippen LogP) is 2.57. The molecule has 0 aromatic carbocycles. The van der Waals surface area contributed by atoms with Crippen molar-refractivity contribution < 1.29 is 0 Å². The maximum absolute atomic E-state index is 5.88. The van der Waals surface area contributed by atoms with Gasteiger partial charge in [0.2, 0.25) is 0 Å². The zero-order chi connectivity index (χ0) is 12.0. The predicted molar refractivity (Wildman–Crippen MR) is 69.5 cm³/mol. The number of anilines is 1. The molecule has 3 nitrogen and oxygen atoms in total. The molecule has 0 amide bonds. The Morgan fingerprint density at radius 2 is 2.06 bits per heavy atom. The van der Waals surface area contributed by atoms with E-state index in [1.807, 2.05) is 18.5 Å². The van der Waals surface area contributed by atoms with E-state index in [1.54, 1.807) is 0 Å². The van der Waals surface area contributed by atoms with Gasteiger partial charge in [-0.05, 0) is 43.4 Å². The van der Waals surface area contributed by atoms with E-state index in [9.17, 15) is 0 Å². The minimum absolute atomic E-state index is 0.218. The molecule has 0 atom stereocenters. The van der Waals surface area contributed by atoms with Gasteiger partial charge in [-0.1, -0.05) is 13.8 Å². The number of nitrogens with one attached hydrogen (secondary N) is 1. The first-order valence-corrected chi connectivity index (χ1v) is 6.02. The van der Waals surface area contributed by atoms with Crippen LogP contribution in [0.4, 0.5) is 5.69 Å². The first-order chi connectivity index (χ1) is 7.67. The maximum atomic E-state index is 5.88. The molecular formula is C13H23N3. The molecular weight excluding hydrogens is 198 g/mol. The zero-order valence-corrected chi connectivity index (χ0v) is 10.6. The minimum atomic E-state index is 0.218. The molecule has 0 radical (unpaired) electrons. The Labute approximate surface area is 98.5 Å². The van der Waals surface area contributed by atoms with Crippen LogP contribution in [0.2, 0.25) is 0 Å². The summed E-state index contributed by atoms with van der Waals surface area (Å²) in [4.78, 5) is 4.09. The Morgan fingerprint density at radius 3 is 2.56 bits per heavy atom. The monoisotopic (exact) mass is 221 g/mol. The summed E-state index contributed by atoms with van der Waals surface area (Å²) in [5, 5.41) is 3.49. The lowest BCUT2D eigenvalue weighted by atomic mass is 9.82. The molecule has 3 heteroatoms. The molecule has 16 heavy (non-hydrogen) atoms. The van der Waals surface area contributed by atoms with Crippen LogP contribution in [0.3, 0.4) is 0 Å². The van der Waals surface area contributed by atoms with E-state index < -0.39 is 0 Å². The van der Waals surface area contributed by atoms with E-state index >= 15 is 0 Å². The second kappa shape index (κ2) is 5.85. The molecule has 1 aromatic heterocycles. The van der Waals surface area contributed by atoms with Crippen molar-refractivity contribution in [1.29, 1.82) is 0 Å². The van der Waals surface area contributed by atoms with E-state index in [1.165, 1.54) is 5.56 Å². The van der Waals surface area contributed by atoms with Crippen molar-refractivity contribution in [2.75, 3.05) is 18.4 Å². The molecule has 1 rings (SSSR count). The normalized spacial score (nSPS) is 11.5. The van der Waals surface area contributed by atoms with Gasteiger partial charge in [0.05, 0.1) is 0 Å². The highest BCUT2D eigenvalue weighted by Gasteiger charge is 2.23. The van der Waals surface area contributed by atoms with Gasteiger partial charge in [-0.3, -0.25) is 4.98 Å². The first kappa shape index (κ1) is 13.0. The molecule has 3 N–H and O–H groups in total. The lowest BCUT2D eigenvalue weighted by Gasteiger charge is -2.31. The van der Waals surface area contributed by atoms with Gasteiger partial charge in [-0.2, -0.15) is 0 Å². The average molecular weight is 221 g/mol. The van der Waals surface area contributed by atoms with E-state index in [2.05, 4.69) is 31.1 Å². The molecule has 0 fully saturated rings. The van der Waals surface area contributed by atoms with Crippen LogP contribution in [0.1, 0.15) is 32.3 Å². The third kappa shape index (κ3) is 2.95. The number of aryl methyl sites for hydroxylation is 1. The van der Waals surface area contributed by atoms with Crippen LogP contribution >= 0.6 is 0 Å².